The summed E-state index contributed by atoms with van der Waals surface area (Å²) >= 11 is 0. The van der Waals surface area contributed by atoms with E-state index in [1.807, 2.05) is 6.92 Å². The molecule has 2 amide bonds. The van der Waals surface area contributed by atoms with Crippen molar-refractivity contribution in [1.82, 2.24) is 10.6 Å². The highest BCUT2D eigenvalue weighted by atomic mass is 16.4. The highest BCUT2D eigenvalue weighted by Crippen LogP contribution is 2.06. The van der Waals surface area contributed by atoms with Crippen molar-refractivity contribution in [2.45, 2.75) is 32.7 Å². The van der Waals surface area contributed by atoms with Crippen molar-refractivity contribution in [2.75, 3.05) is 6.54 Å². The summed E-state index contributed by atoms with van der Waals surface area (Å²) < 4.78 is 0. The van der Waals surface area contributed by atoms with Gasteiger partial charge in [0.2, 0.25) is 0 Å². The van der Waals surface area contributed by atoms with Gasteiger partial charge in [0.25, 0.3) is 0 Å². The summed E-state index contributed by atoms with van der Waals surface area (Å²) in [7, 11) is 0. The van der Waals surface area contributed by atoms with Crippen molar-refractivity contribution in [2.24, 2.45) is 5.92 Å². The normalized spacial score (nSPS) is 13.6. The summed E-state index contributed by atoms with van der Waals surface area (Å²) in [6, 6.07) is -0.393. The average molecular weight is 228 g/mol. The first-order chi connectivity index (χ1) is 7.49. The second-order valence-corrected chi connectivity index (χ2v) is 3.75. The lowest BCUT2D eigenvalue weighted by Gasteiger charge is -2.15. The molecule has 0 saturated heterocycles. The molecule has 0 aromatic heterocycles. The summed E-state index contributed by atoms with van der Waals surface area (Å²) in [5, 5.41) is 13.9. The van der Waals surface area contributed by atoms with Gasteiger partial charge in [-0.2, -0.15) is 0 Å². The number of carbonyl (C=O) groups is 2. The Balaban J connectivity index is 3.87. The summed E-state index contributed by atoms with van der Waals surface area (Å²) in [6.07, 6.45) is 2.42. The zero-order valence-corrected chi connectivity index (χ0v) is 9.82. The molecule has 5 heteroatoms. The first-order valence-corrected chi connectivity index (χ1v) is 5.38. The lowest BCUT2D eigenvalue weighted by molar-refractivity contribution is -0.138. The van der Waals surface area contributed by atoms with Gasteiger partial charge in [0.15, 0.2) is 0 Å². The molecule has 2 atom stereocenters. The van der Waals surface area contributed by atoms with Crippen molar-refractivity contribution >= 4 is 12.0 Å². The number of rotatable bonds is 7. The molecule has 0 aliphatic carbocycles. The predicted molar refractivity (Wildman–Crippen MR) is 62.2 cm³/mol. The third-order valence-electron chi connectivity index (χ3n) is 2.30. The predicted octanol–water partition coefficient (Wildman–Crippen LogP) is 1.36. The van der Waals surface area contributed by atoms with Crippen molar-refractivity contribution in [3.05, 3.63) is 12.7 Å². The van der Waals surface area contributed by atoms with Crippen molar-refractivity contribution in [3.8, 4) is 0 Å². The fourth-order valence-electron chi connectivity index (χ4n) is 1.16. The van der Waals surface area contributed by atoms with E-state index >= 15 is 0 Å². The van der Waals surface area contributed by atoms with Gasteiger partial charge in [0, 0.05) is 19.0 Å². The van der Waals surface area contributed by atoms with Crippen LogP contribution in [0, 0.1) is 5.92 Å². The molecule has 0 radical (unpaired) electrons. The molecule has 0 fully saturated rings. The van der Waals surface area contributed by atoms with Crippen molar-refractivity contribution < 1.29 is 14.7 Å². The number of carboxylic acid groups (broad SMARTS) is 1. The maximum Gasteiger partial charge on any atom is 0.315 e. The van der Waals surface area contributed by atoms with E-state index in [1.54, 1.807) is 13.0 Å². The van der Waals surface area contributed by atoms with E-state index in [4.69, 9.17) is 5.11 Å². The maximum absolute atomic E-state index is 11.3. The minimum Gasteiger partial charge on any atom is -0.481 e. The van der Waals surface area contributed by atoms with Crippen LogP contribution in [0.2, 0.25) is 0 Å². The molecule has 0 heterocycles. The first-order valence-electron chi connectivity index (χ1n) is 5.38. The molecular formula is C11H20N2O3. The Bertz CT molecular complexity index is 254. The van der Waals surface area contributed by atoms with Gasteiger partial charge >= 0.3 is 12.0 Å². The summed E-state index contributed by atoms with van der Waals surface area (Å²) in [5.41, 5.74) is 0. The Morgan fingerprint density at radius 3 is 2.56 bits per heavy atom. The van der Waals surface area contributed by atoms with Gasteiger partial charge in [-0.05, 0) is 12.8 Å². The Hall–Kier alpha value is -1.52. The molecule has 0 aromatic carbocycles. The highest BCUT2D eigenvalue weighted by Gasteiger charge is 2.12. The van der Waals surface area contributed by atoms with Gasteiger partial charge in [-0.1, -0.05) is 19.4 Å². The molecule has 16 heavy (non-hydrogen) atoms. The van der Waals surface area contributed by atoms with Crippen LogP contribution in [-0.2, 0) is 4.79 Å². The summed E-state index contributed by atoms with van der Waals surface area (Å²) in [5.74, 6) is -0.865. The number of carbonyl (C=O) groups excluding carboxylic acids is 1. The monoisotopic (exact) mass is 228 g/mol. The molecule has 0 bridgehead atoms. The van der Waals surface area contributed by atoms with E-state index in [1.165, 1.54) is 0 Å². The number of aliphatic carboxylic acids is 1. The molecule has 5 nitrogen and oxygen atoms in total. The van der Waals surface area contributed by atoms with Crippen LogP contribution in [0.25, 0.3) is 0 Å². The SMILES string of the molecule is C=CC(C)NC(=O)NCC(CC)CC(=O)O. The minimum absolute atomic E-state index is 0.0257. The highest BCUT2D eigenvalue weighted by molar-refractivity contribution is 5.74. The van der Waals surface area contributed by atoms with Crippen LogP contribution in [0.5, 0.6) is 0 Å². The summed E-state index contributed by atoms with van der Waals surface area (Å²) in [4.78, 5) is 21.8. The van der Waals surface area contributed by atoms with E-state index in [-0.39, 0.29) is 24.4 Å². The lowest BCUT2D eigenvalue weighted by Crippen LogP contribution is -2.42. The number of hydrogen-bond acceptors (Lipinski definition) is 2. The zero-order chi connectivity index (χ0) is 12.6. The fourth-order valence-corrected chi connectivity index (χ4v) is 1.16. The Labute approximate surface area is 95.9 Å². The standard InChI is InChI=1S/C11H20N2O3/c1-4-8(3)13-11(16)12-7-9(5-2)6-10(14)15/h4,8-9H,1,5-7H2,2-3H3,(H,14,15)(H2,12,13,16). The molecule has 2 unspecified atom stereocenters. The number of carboxylic acids is 1. The third-order valence-corrected chi connectivity index (χ3v) is 2.30. The molecule has 0 aliphatic rings. The molecular weight excluding hydrogens is 208 g/mol. The van der Waals surface area contributed by atoms with Gasteiger partial charge in [0.1, 0.15) is 0 Å². The van der Waals surface area contributed by atoms with E-state index in [0.717, 1.165) is 6.42 Å². The van der Waals surface area contributed by atoms with Crippen LogP contribution < -0.4 is 10.6 Å². The molecule has 0 saturated carbocycles. The van der Waals surface area contributed by atoms with Gasteiger partial charge < -0.3 is 15.7 Å². The first kappa shape index (κ1) is 14.5. The average Bonchev–Trinajstić information content (AvgIpc) is 2.23. The zero-order valence-electron chi connectivity index (χ0n) is 9.82. The number of amides is 2. The lowest BCUT2D eigenvalue weighted by atomic mass is 10.0. The van der Waals surface area contributed by atoms with Crippen LogP contribution >= 0.6 is 0 Å². The van der Waals surface area contributed by atoms with Crippen LogP contribution in [0.4, 0.5) is 4.79 Å². The van der Waals surface area contributed by atoms with E-state index < -0.39 is 5.97 Å². The Morgan fingerprint density at radius 1 is 1.50 bits per heavy atom. The van der Waals surface area contributed by atoms with Crippen molar-refractivity contribution in [1.29, 1.82) is 0 Å². The van der Waals surface area contributed by atoms with Crippen LogP contribution in [0.3, 0.4) is 0 Å². The summed E-state index contributed by atoms with van der Waals surface area (Å²) in [6.45, 7) is 7.63. The molecule has 0 aliphatic heterocycles. The third kappa shape index (κ3) is 6.86. The molecule has 0 rings (SSSR count). The van der Waals surface area contributed by atoms with Crippen LogP contribution in [0.1, 0.15) is 26.7 Å². The van der Waals surface area contributed by atoms with Gasteiger partial charge in [-0.15, -0.1) is 6.58 Å². The molecule has 0 spiro atoms. The van der Waals surface area contributed by atoms with Gasteiger partial charge in [0.05, 0.1) is 0 Å². The quantitative estimate of drug-likeness (QED) is 0.576. The smallest absolute Gasteiger partial charge is 0.315 e. The second kappa shape index (κ2) is 7.73. The molecule has 92 valence electrons. The molecule has 0 aromatic rings. The second-order valence-electron chi connectivity index (χ2n) is 3.75. The maximum atomic E-state index is 11.3. The number of hydrogen-bond donors (Lipinski definition) is 3. The van der Waals surface area contributed by atoms with Gasteiger partial charge in [-0.25, -0.2) is 4.79 Å². The van der Waals surface area contributed by atoms with Gasteiger partial charge in [-0.3, -0.25) is 4.79 Å². The van der Waals surface area contributed by atoms with Crippen LogP contribution in [0.15, 0.2) is 12.7 Å². The van der Waals surface area contributed by atoms with Crippen LogP contribution in [-0.4, -0.2) is 29.7 Å². The largest absolute Gasteiger partial charge is 0.481 e. The fraction of sp³-hybridized carbons (Fsp3) is 0.636. The topological polar surface area (TPSA) is 78.4 Å². The van der Waals surface area contributed by atoms with E-state index in [2.05, 4.69) is 17.2 Å². The van der Waals surface area contributed by atoms with E-state index in [9.17, 15) is 9.59 Å². The number of urea groups is 1. The van der Waals surface area contributed by atoms with E-state index in [0.29, 0.717) is 6.54 Å². The minimum atomic E-state index is -0.839. The Morgan fingerprint density at radius 2 is 2.12 bits per heavy atom. The Kier molecular flexibility index (Phi) is 7.00. The molecule has 3 N–H and O–H groups in total. The number of nitrogens with one attached hydrogen (secondary N) is 2. The van der Waals surface area contributed by atoms with Crippen molar-refractivity contribution in [3.63, 3.8) is 0 Å².